The molecule has 156 valence electrons. The average Bonchev–Trinajstić information content (AvgIpc) is 2.74. The number of methoxy groups -OCH3 is 2. The van der Waals surface area contributed by atoms with E-state index in [1.807, 2.05) is 31.1 Å². The molecule has 0 fully saturated rings. The van der Waals surface area contributed by atoms with Gasteiger partial charge in [-0.05, 0) is 62.8 Å². The van der Waals surface area contributed by atoms with Crippen molar-refractivity contribution in [3.63, 3.8) is 0 Å². The van der Waals surface area contributed by atoms with Crippen LogP contribution in [0.1, 0.15) is 28.0 Å². The van der Waals surface area contributed by atoms with Gasteiger partial charge in [0.1, 0.15) is 5.69 Å². The van der Waals surface area contributed by atoms with E-state index in [0.29, 0.717) is 36.2 Å². The Hall–Kier alpha value is -2.87. The first-order valence-corrected chi connectivity index (χ1v) is 9.76. The van der Waals surface area contributed by atoms with Crippen molar-refractivity contribution >= 4 is 11.9 Å². The number of aromatic nitrogens is 2. The molecule has 0 bridgehead atoms. The Morgan fingerprint density at radius 2 is 1.93 bits per heavy atom. The Balaban J connectivity index is 1.68. The molecule has 1 aromatic carbocycles. The van der Waals surface area contributed by atoms with Gasteiger partial charge in [0.2, 0.25) is 5.95 Å². The molecule has 0 unspecified atom stereocenters. The lowest BCUT2D eigenvalue weighted by atomic mass is 9.98. The standard InChI is InChI=1S/C21H29N5O3/c1-25(2)10-5-8-22-21-23-9-6-17(24-21)20(27)26-11-7-15-12-18(28-3)19(29-4)13-16(15)14-26/h6,9,12-13H,5,7-8,10-11,14H2,1-4H3,(H,22,23,24). The third kappa shape index (κ3) is 5.14. The second kappa shape index (κ2) is 9.56. The molecule has 2 aromatic rings. The van der Waals surface area contributed by atoms with Gasteiger partial charge in [-0.2, -0.15) is 0 Å². The first kappa shape index (κ1) is 20.9. The Morgan fingerprint density at radius 3 is 2.62 bits per heavy atom. The molecule has 8 heteroatoms. The molecule has 3 rings (SSSR count). The Morgan fingerprint density at radius 1 is 1.21 bits per heavy atom. The number of hydrogen-bond donors (Lipinski definition) is 1. The van der Waals surface area contributed by atoms with E-state index in [-0.39, 0.29) is 5.91 Å². The number of hydrogen-bond acceptors (Lipinski definition) is 7. The van der Waals surface area contributed by atoms with Crippen LogP contribution in [0.4, 0.5) is 5.95 Å². The Labute approximate surface area is 171 Å². The zero-order valence-electron chi connectivity index (χ0n) is 17.6. The van der Waals surface area contributed by atoms with Gasteiger partial charge in [-0.1, -0.05) is 0 Å². The van der Waals surface area contributed by atoms with Crippen molar-refractivity contribution in [1.82, 2.24) is 19.8 Å². The number of fused-ring (bicyclic) bond motifs is 1. The summed E-state index contributed by atoms with van der Waals surface area (Å²) in [5.41, 5.74) is 2.65. The predicted octanol–water partition coefficient (Wildman–Crippen LogP) is 2.06. The van der Waals surface area contributed by atoms with E-state index in [1.54, 1.807) is 26.5 Å². The topological polar surface area (TPSA) is 79.8 Å². The van der Waals surface area contributed by atoms with Gasteiger partial charge in [0, 0.05) is 25.8 Å². The second-order valence-electron chi connectivity index (χ2n) is 7.30. The SMILES string of the molecule is COc1cc2c(cc1OC)CN(C(=O)c1ccnc(NCCCN(C)C)n1)CC2. The largest absolute Gasteiger partial charge is 0.493 e. The number of nitrogens with one attached hydrogen (secondary N) is 1. The predicted molar refractivity (Wildman–Crippen MR) is 112 cm³/mol. The summed E-state index contributed by atoms with van der Waals surface area (Å²) in [6.45, 7) is 2.89. The van der Waals surface area contributed by atoms with Gasteiger partial charge < -0.3 is 24.6 Å². The van der Waals surface area contributed by atoms with Crippen LogP contribution >= 0.6 is 0 Å². The van der Waals surface area contributed by atoms with E-state index < -0.39 is 0 Å². The van der Waals surface area contributed by atoms with Crippen molar-refractivity contribution < 1.29 is 14.3 Å². The van der Waals surface area contributed by atoms with Crippen LogP contribution in [0.3, 0.4) is 0 Å². The normalized spacial score (nSPS) is 13.2. The highest BCUT2D eigenvalue weighted by Gasteiger charge is 2.24. The summed E-state index contributed by atoms with van der Waals surface area (Å²) in [7, 11) is 7.32. The summed E-state index contributed by atoms with van der Waals surface area (Å²) >= 11 is 0. The van der Waals surface area contributed by atoms with Crippen LogP contribution in [0.2, 0.25) is 0 Å². The molecule has 1 N–H and O–H groups in total. The van der Waals surface area contributed by atoms with Crippen LogP contribution in [0, 0.1) is 0 Å². The van der Waals surface area contributed by atoms with Crippen molar-refractivity contribution in [1.29, 1.82) is 0 Å². The number of anilines is 1. The monoisotopic (exact) mass is 399 g/mol. The zero-order chi connectivity index (χ0) is 20.8. The van der Waals surface area contributed by atoms with Crippen molar-refractivity contribution in [3.05, 3.63) is 41.2 Å². The zero-order valence-corrected chi connectivity index (χ0v) is 17.6. The van der Waals surface area contributed by atoms with Gasteiger partial charge in [0.05, 0.1) is 14.2 Å². The van der Waals surface area contributed by atoms with Crippen LogP contribution < -0.4 is 14.8 Å². The number of carbonyl (C=O) groups is 1. The molecule has 8 nitrogen and oxygen atoms in total. The summed E-state index contributed by atoms with van der Waals surface area (Å²) in [5.74, 6) is 1.78. The van der Waals surface area contributed by atoms with Crippen molar-refractivity contribution in [3.8, 4) is 11.5 Å². The van der Waals surface area contributed by atoms with E-state index in [4.69, 9.17) is 9.47 Å². The molecule has 0 saturated heterocycles. The molecular formula is C21H29N5O3. The van der Waals surface area contributed by atoms with Crippen molar-refractivity contribution in [2.75, 3.05) is 53.3 Å². The second-order valence-corrected chi connectivity index (χ2v) is 7.30. The van der Waals surface area contributed by atoms with Crippen LogP contribution in [0.25, 0.3) is 0 Å². The molecule has 0 radical (unpaired) electrons. The van der Waals surface area contributed by atoms with E-state index in [2.05, 4.69) is 20.2 Å². The van der Waals surface area contributed by atoms with E-state index in [1.165, 1.54) is 5.56 Å². The molecule has 0 saturated carbocycles. The molecule has 1 amide bonds. The van der Waals surface area contributed by atoms with Gasteiger partial charge in [-0.3, -0.25) is 4.79 Å². The first-order chi connectivity index (χ1) is 14.0. The maximum atomic E-state index is 13.0. The highest BCUT2D eigenvalue weighted by Crippen LogP contribution is 2.33. The third-order valence-electron chi connectivity index (χ3n) is 4.95. The lowest BCUT2D eigenvalue weighted by Crippen LogP contribution is -2.36. The summed E-state index contributed by atoms with van der Waals surface area (Å²) in [6.07, 6.45) is 3.37. The smallest absolute Gasteiger partial charge is 0.272 e. The van der Waals surface area contributed by atoms with Gasteiger partial charge in [-0.15, -0.1) is 0 Å². The molecule has 29 heavy (non-hydrogen) atoms. The van der Waals surface area contributed by atoms with Crippen LogP contribution in [0.5, 0.6) is 11.5 Å². The van der Waals surface area contributed by atoms with E-state index >= 15 is 0 Å². The number of ether oxygens (including phenoxy) is 2. The molecule has 1 aliphatic heterocycles. The average molecular weight is 399 g/mol. The van der Waals surface area contributed by atoms with Crippen LogP contribution in [-0.2, 0) is 13.0 Å². The Bertz CT molecular complexity index is 856. The molecule has 1 aromatic heterocycles. The minimum atomic E-state index is -0.0934. The van der Waals surface area contributed by atoms with Crippen molar-refractivity contribution in [2.45, 2.75) is 19.4 Å². The molecule has 0 atom stereocenters. The fourth-order valence-electron chi connectivity index (χ4n) is 3.38. The minimum absolute atomic E-state index is 0.0934. The quantitative estimate of drug-likeness (QED) is 0.681. The molecule has 0 aliphatic carbocycles. The fourth-order valence-corrected chi connectivity index (χ4v) is 3.38. The number of amides is 1. The summed E-state index contributed by atoms with van der Waals surface area (Å²) in [6, 6.07) is 5.61. The maximum Gasteiger partial charge on any atom is 0.272 e. The minimum Gasteiger partial charge on any atom is -0.493 e. The number of carbonyl (C=O) groups excluding carboxylic acids is 1. The van der Waals surface area contributed by atoms with Gasteiger partial charge >= 0.3 is 0 Å². The van der Waals surface area contributed by atoms with E-state index in [0.717, 1.165) is 31.5 Å². The first-order valence-electron chi connectivity index (χ1n) is 9.76. The molecule has 0 spiro atoms. The summed E-state index contributed by atoms with van der Waals surface area (Å²) < 4.78 is 10.8. The number of nitrogens with zero attached hydrogens (tertiary/aromatic N) is 4. The van der Waals surface area contributed by atoms with Crippen LogP contribution in [0.15, 0.2) is 24.4 Å². The van der Waals surface area contributed by atoms with Gasteiger partial charge in [-0.25, -0.2) is 9.97 Å². The highest BCUT2D eigenvalue weighted by molar-refractivity contribution is 5.92. The van der Waals surface area contributed by atoms with Crippen molar-refractivity contribution in [2.24, 2.45) is 0 Å². The van der Waals surface area contributed by atoms with Gasteiger partial charge in [0.25, 0.3) is 5.91 Å². The fraction of sp³-hybridized carbons (Fsp3) is 0.476. The number of benzene rings is 1. The molecular weight excluding hydrogens is 370 g/mol. The lowest BCUT2D eigenvalue weighted by Gasteiger charge is -2.29. The summed E-state index contributed by atoms with van der Waals surface area (Å²) in [4.78, 5) is 25.6. The number of rotatable bonds is 8. The summed E-state index contributed by atoms with van der Waals surface area (Å²) in [5, 5.41) is 3.19. The Kier molecular flexibility index (Phi) is 6.87. The van der Waals surface area contributed by atoms with E-state index in [9.17, 15) is 4.79 Å². The maximum absolute atomic E-state index is 13.0. The molecule has 2 heterocycles. The van der Waals surface area contributed by atoms with Gasteiger partial charge in [0.15, 0.2) is 11.5 Å². The third-order valence-corrected chi connectivity index (χ3v) is 4.95. The van der Waals surface area contributed by atoms with Crippen LogP contribution in [-0.4, -0.2) is 73.6 Å². The highest BCUT2D eigenvalue weighted by atomic mass is 16.5. The molecule has 1 aliphatic rings. The lowest BCUT2D eigenvalue weighted by molar-refractivity contribution is 0.0728.